The zero-order chi connectivity index (χ0) is 39.9. The van der Waals surface area contributed by atoms with Gasteiger partial charge in [0.2, 0.25) is 0 Å². The van der Waals surface area contributed by atoms with Crippen molar-refractivity contribution in [3.63, 3.8) is 0 Å². The lowest BCUT2D eigenvalue weighted by Gasteiger charge is -2.36. The maximum Gasteiger partial charge on any atom is 0.0135 e. The third kappa shape index (κ3) is 10.2. The molecule has 304 valence electrons. The van der Waals surface area contributed by atoms with Gasteiger partial charge in [-0.3, -0.25) is 0 Å². The smallest absolute Gasteiger partial charge is 0.0135 e. The predicted octanol–water partition coefficient (Wildman–Crippen LogP) is 13.8. The highest BCUT2D eigenvalue weighted by molar-refractivity contribution is 5.89. The molecule has 2 aromatic rings. The Kier molecular flexibility index (Phi) is 11.1. The first-order chi connectivity index (χ1) is 24.5. The number of rotatable bonds is 4. The van der Waals surface area contributed by atoms with Gasteiger partial charge >= 0.3 is 0 Å². The van der Waals surface area contributed by atoms with E-state index in [0.717, 1.165) is 0 Å². The highest BCUT2D eigenvalue weighted by atomic mass is 15.0. The summed E-state index contributed by atoms with van der Waals surface area (Å²) < 4.78 is 0. The monoisotopic (exact) mass is 740 g/mol. The van der Waals surface area contributed by atoms with E-state index in [1.165, 1.54) is 88.9 Å². The number of benzene rings is 2. The van der Waals surface area contributed by atoms with Crippen LogP contribution in [0.4, 0.5) is 0 Å². The van der Waals surface area contributed by atoms with E-state index in [2.05, 4.69) is 151 Å². The van der Waals surface area contributed by atoms with Gasteiger partial charge in [-0.05, 0) is 234 Å². The molecule has 2 aromatic carbocycles. The Morgan fingerprint density at radius 3 is 1.31 bits per heavy atom. The van der Waals surface area contributed by atoms with E-state index in [9.17, 15) is 0 Å². The summed E-state index contributed by atoms with van der Waals surface area (Å²) in [6.45, 7) is 39.5. The predicted molar refractivity (Wildman–Crippen MR) is 236 cm³/mol. The molecule has 3 saturated heterocycles. The molecule has 0 aromatic heterocycles. The van der Waals surface area contributed by atoms with Crippen molar-refractivity contribution in [3.8, 4) is 0 Å². The maximum atomic E-state index is 4.10. The molecule has 4 fully saturated rings. The second kappa shape index (κ2) is 14.1. The summed E-state index contributed by atoms with van der Waals surface area (Å²) in [7, 11) is 0. The van der Waals surface area contributed by atoms with E-state index in [1.807, 2.05) is 0 Å². The number of fused-ring (bicyclic) bond motifs is 1. The summed E-state index contributed by atoms with van der Waals surface area (Å²) in [4.78, 5) is 0. The Labute approximate surface area is 334 Å². The topological polar surface area (TPSA) is 36.1 Å². The van der Waals surface area contributed by atoms with Crippen molar-refractivity contribution in [2.75, 3.05) is 0 Å². The van der Waals surface area contributed by atoms with Crippen molar-refractivity contribution in [2.24, 2.45) is 10.8 Å². The summed E-state index contributed by atoms with van der Waals surface area (Å²) in [6.07, 6.45) is 16.1. The Balaban J connectivity index is 1.59. The van der Waals surface area contributed by atoms with Gasteiger partial charge in [0.15, 0.2) is 0 Å². The van der Waals surface area contributed by atoms with E-state index in [1.54, 1.807) is 27.6 Å². The van der Waals surface area contributed by atoms with Gasteiger partial charge in [-0.2, -0.15) is 0 Å². The summed E-state index contributed by atoms with van der Waals surface area (Å²) in [5.74, 6) is 2.25. The molecule has 6 rings (SSSR count). The molecule has 1 aliphatic carbocycles. The fraction of sp³-hybridized carbons (Fsp3) is 0.804. The van der Waals surface area contributed by atoms with Gasteiger partial charge in [0.25, 0.3) is 0 Å². The average molecular weight is 740 g/mol. The first-order valence-electron chi connectivity index (χ1n) is 22.5. The van der Waals surface area contributed by atoms with Crippen LogP contribution in [-0.2, 0) is 0 Å². The molecule has 0 radical (unpaired) electrons. The zero-order valence-corrected chi connectivity index (χ0v) is 38.3. The summed E-state index contributed by atoms with van der Waals surface area (Å²) in [6, 6.07) is 11.1. The van der Waals surface area contributed by atoms with Crippen LogP contribution in [0.5, 0.6) is 0 Å². The minimum Gasteiger partial charge on any atom is -0.307 e. The molecular weight excluding hydrogens is 655 g/mol. The van der Waals surface area contributed by atoms with Gasteiger partial charge in [-0.1, -0.05) is 52.0 Å². The molecule has 4 aliphatic rings. The van der Waals surface area contributed by atoms with Crippen LogP contribution in [0.3, 0.4) is 0 Å². The van der Waals surface area contributed by atoms with Crippen LogP contribution in [0.25, 0.3) is 10.8 Å². The fourth-order valence-electron chi connectivity index (χ4n) is 13.5. The second-order valence-electron chi connectivity index (χ2n) is 25.3. The molecule has 3 aliphatic heterocycles. The van der Waals surface area contributed by atoms with Crippen molar-refractivity contribution in [2.45, 2.75) is 251 Å². The largest absolute Gasteiger partial charge is 0.307 e. The van der Waals surface area contributed by atoms with E-state index in [4.69, 9.17) is 0 Å². The number of hydrogen-bond donors (Lipinski definition) is 3. The Morgan fingerprint density at radius 2 is 0.796 bits per heavy atom. The maximum absolute atomic E-state index is 4.10. The molecule has 0 bridgehead atoms. The van der Waals surface area contributed by atoms with E-state index in [-0.39, 0.29) is 33.2 Å². The van der Waals surface area contributed by atoms with Crippen LogP contribution in [0.1, 0.15) is 240 Å². The first kappa shape index (κ1) is 42.2. The lowest BCUT2D eigenvalue weighted by Crippen LogP contribution is -2.50. The van der Waals surface area contributed by atoms with E-state index >= 15 is 0 Å². The highest BCUT2D eigenvalue weighted by Gasteiger charge is 2.41. The summed E-state index contributed by atoms with van der Waals surface area (Å²) in [5, 5.41) is 15.3. The number of hydrogen-bond acceptors (Lipinski definition) is 3. The van der Waals surface area contributed by atoms with Gasteiger partial charge in [0, 0.05) is 33.2 Å². The molecule has 4 unspecified atom stereocenters. The fourth-order valence-corrected chi connectivity index (χ4v) is 13.5. The van der Waals surface area contributed by atoms with Crippen LogP contribution in [-0.4, -0.2) is 33.2 Å². The Morgan fingerprint density at radius 1 is 0.389 bits per heavy atom. The summed E-state index contributed by atoms with van der Waals surface area (Å²) in [5.41, 5.74) is 8.04. The van der Waals surface area contributed by atoms with Crippen molar-refractivity contribution in [1.29, 1.82) is 0 Å². The SMILES string of the molecule is CC1(C)CCC(c2cc3c(C4CCC(C)(C)NC(C)(C)C4)cc(C4CCC(C)(C)NC(C)(C)C4)cc3cc2C2CCC(C)(C)NC(C)(C)C2)CC(C)(C)C1. The normalized spacial score (nSPS) is 32.8. The van der Waals surface area contributed by atoms with E-state index in [0.29, 0.717) is 34.5 Å². The molecular formula is C51H85N3. The van der Waals surface area contributed by atoms with Crippen molar-refractivity contribution in [3.05, 3.63) is 46.5 Å². The Bertz CT molecular complexity index is 1670. The van der Waals surface area contributed by atoms with Gasteiger partial charge in [-0.15, -0.1) is 0 Å². The average Bonchev–Trinajstić information content (AvgIpc) is 3.29. The van der Waals surface area contributed by atoms with Crippen LogP contribution in [0, 0.1) is 10.8 Å². The van der Waals surface area contributed by atoms with Crippen LogP contribution in [0.2, 0.25) is 0 Å². The molecule has 3 nitrogen and oxygen atoms in total. The minimum absolute atomic E-state index is 0.0800. The van der Waals surface area contributed by atoms with Gasteiger partial charge in [0.05, 0.1) is 0 Å². The molecule has 3 N–H and O–H groups in total. The number of nitrogens with one attached hydrogen (secondary N) is 3. The van der Waals surface area contributed by atoms with Crippen LogP contribution >= 0.6 is 0 Å². The minimum atomic E-state index is 0.0800. The quantitative estimate of drug-likeness (QED) is 0.273. The second-order valence-corrected chi connectivity index (χ2v) is 25.3. The molecule has 54 heavy (non-hydrogen) atoms. The zero-order valence-electron chi connectivity index (χ0n) is 38.3. The molecule has 0 amide bonds. The van der Waals surface area contributed by atoms with Crippen LogP contribution in [0.15, 0.2) is 24.3 Å². The van der Waals surface area contributed by atoms with Gasteiger partial charge < -0.3 is 16.0 Å². The molecule has 3 heteroatoms. The van der Waals surface area contributed by atoms with E-state index < -0.39 is 0 Å². The lowest BCUT2D eigenvalue weighted by molar-refractivity contribution is 0.198. The summed E-state index contributed by atoms with van der Waals surface area (Å²) >= 11 is 0. The highest BCUT2D eigenvalue weighted by Crippen LogP contribution is 2.53. The van der Waals surface area contributed by atoms with Crippen molar-refractivity contribution in [1.82, 2.24) is 16.0 Å². The van der Waals surface area contributed by atoms with Crippen LogP contribution < -0.4 is 16.0 Å². The van der Waals surface area contributed by atoms with Gasteiger partial charge in [0.1, 0.15) is 0 Å². The molecule has 3 heterocycles. The molecule has 4 atom stereocenters. The van der Waals surface area contributed by atoms with Crippen molar-refractivity contribution < 1.29 is 0 Å². The third-order valence-electron chi connectivity index (χ3n) is 14.6. The van der Waals surface area contributed by atoms with Crippen molar-refractivity contribution >= 4 is 10.8 Å². The lowest BCUT2D eigenvalue weighted by atomic mass is 9.71. The molecule has 0 spiro atoms. The molecule has 1 saturated carbocycles. The third-order valence-corrected chi connectivity index (χ3v) is 14.6. The van der Waals surface area contributed by atoms with Gasteiger partial charge in [-0.25, -0.2) is 0 Å². The Hall–Kier alpha value is -1.42. The first-order valence-corrected chi connectivity index (χ1v) is 22.5. The standard InChI is InChI=1S/C51H85N3/c1-44(2)21-17-35(29-45(3,4)33-44)42-28-43-39(27-41(42)37-20-24-48(9,10)54-51(15,16)32-37)25-38(34-18-22-46(5,6)52-49(11,12)30-34)26-40(43)36-19-23-47(7,8)53-50(13,14)31-36/h25-28,34-37,52-54H,17-24,29-33H2,1-16H3.